The number of amides is 1. The Morgan fingerprint density at radius 2 is 2.00 bits per heavy atom. The van der Waals surface area contributed by atoms with E-state index >= 15 is 0 Å². The first-order valence-electron chi connectivity index (χ1n) is 9.48. The van der Waals surface area contributed by atoms with Crippen LogP contribution in [0.1, 0.15) is 51.3 Å². The third-order valence-electron chi connectivity index (χ3n) is 5.55. The number of hydrogen-bond acceptors (Lipinski definition) is 2. The molecule has 4 rings (SSSR count). The van der Waals surface area contributed by atoms with Crippen LogP contribution >= 0.6 is 0 Å². The van der Waals surface area contributed by atoms with Gasteiger partial charge in [-0.25, -0.2) is 0 Å². The molecule has 27 heavy (non-hydrogen) atoms. The summed E-state index contributed by atoms with van der Waals surface area (Å²) in [6, 6.07) is 16.8. The van der Waals surface area contributed by atoms with Crippen LogP contribution in [0.25, 0.3) is 0 Å². The highest BCUT2D eigenvalue weighted by molar-refractivity contribution is 5.95. The molecule has 138 valence electrons. The Hall–Kier alpha value is -2.88. The minimum atomic E-state index is -0.0414. The maximum Gasteiger partial charge on any atom is 0.255 e. The number of carbonyl (C=O) groups excluding carboxylic acids is 1. The largest absolute Gasteiger partial charge is 0.345 e. The fourth-order valence-corrected chi connectivity index (χ4v) is 4.05. The Morgan fingerprint density at radius 1 is 1.22 bits per heavy atom. The molecule has 0 saturated carbocycles. The number of benzene rings is 2. The molecule has 4 nitrogen and oxygen atoms in total. The highest BCUT2D eigenvalue weighted by atomic mass is 16.1. The molecule has 2 unspecified atom stereocenters. The van der Waals surface area contributed by atoms with Crippen LogP contribution in [-0.2, 0) is 19.9 Å². The molecule has 1 aliphatic rings. The summed E-state index contributed by atoms with van der Waals surface area (Å²) >= 11 is 0. The van der Waals surface area contributed by atoms with E-state index in [0.29, 0.717) is 17.9 Å². The van der Waals surface area contributed by atoms with E-state index in [2.05, 4.69) is 54.6 Å². The zero-order valence-electron chi connectivity index (χ0n) is 16.1. The van der Waals surface area contributed by atoms with Crippen LogP contribution in [0.5, 0.6) is 0 Å². The lowest BCUT2D eigenvalue weighted by atomic mass is 10.0. The monoisotopic (exact) mass is 359 g/mol. The van der Waals surface area contributed by atoms with Gasteiger partial charge in [-0.3, -0.25) is 9.48 Å². The van der Waals surface area contributed by atoms with Gasteiger partial charge in [0.2, 0.25) is 0 Å². The molecule has 1 N–H and O–H groups in total. The predicted octanol–water partition coefficient (Wildman–Crippen LogP) is 3.98. The third-order valence-corrected chi connectivity index (χ3v) is 5.55. The number of nitrogens with zero attached hydrogens (tertiary/aromatic N) is 2. The van der Waals surface area contributed by atoms with Gasteiger partial charge >= 0.3 is 0 Å². The second kappa shape index (κ2) is 7.03. The van der Waals surface area contributed by atoms with Crippen LogP contribution in [0.2, 0.25) is 0 Å². The summed E-state index contributed by atoms with van der Waals surface area (Å²) in [6.45, 7) is 4.30. The van der Waals surface area contributed by atoms with Gasteiger partial charge in [-0.2, -0.15) is 5.10 Å². The average molecular weight is 359 g/mol. The van der Waals surface area contributed by atoms with E-state index in [9.17, 15) is 4.79 Å². The standard InChI is InChI=1S/C23H25N3O/c1-15-9-10-18-12-16(2)22(19(18)11-15)25-23(27)20-14-24-26(3)21(20)13-17-7-5-4-6-8-17/h4-11,14,16,22H,12-13H2,1-3H3,(H,25,27). The summed E-state index contributed by atoms with van der Waals surface area (Å²) in [7, 11) is 1.89. The SMILES string of the molecule is Cc1ccc2c(c1)C(NC(=O)c1cnn(C)c1Cc1ccccc1)C(C)C2. The van der Waals surface area contributed by atoms with Crippen molar-refractivity contribution in [1.29, 1.82) is 0 Å². The molecule has 1 amide bonds. The first-order chi connectivity index (χ1) is 13.0. The molecular weight excluding hydrogens is 334 g/mol. The second-order valence-corrected chi connectivity index (χ2v) is 7.63. The van der Waals surface area contributed by atoms with E-state index in [-0.39, 0.29) is 11.9 Å². The lowest BCUT2D eigenvalue weighted by Crippen LogP contribution is -2.31. The number of aryl methyl sites for hydroxylation is 2. The summed E-state index contributed by atoms with van der Waals surface area (Å²) in [4.78, 5) is 13.1. The lowest BCUT2D eigenvalue weighted by Gasteiger charge is -2.19. The van der Waals surface area contributed by atoms with Crippen molar-refractivity contribution in [2.24, 2.45) is 13.0 Å². The van der Waals surface area contributed by atoms with Crippen molar-refractivity contribution in [3.63, 3.8) is 0 Å². The van der Waals surface area contributed by atoms with Gasteiger partial charge in [0.15, 0.2) is 0 Å². The van der Waals surface area contributed by atoms with E-state index in [1.165, 1.54) is 22.3 Å². The Balaban J connectivity index is 1.59. The molecule has 1 aromatic heterocycles. The number of nitrogens with one attached hydrogen (secondary N) is 1. The zero-order chi connectivity index (χ0) is 19.0. The van der Waals surface area contributed by atoms with E-state index < -0.39 is 0 Å². The van der Waals surface area contributed by atoms with Crippen LogP contribution in [0, 0.1) is 12.8 Å². The average Bonchev–Trinajstić information content (AvgIpc) is 3.16. The van der Waals surface area contributed by atoms with E-state index in [0.717, 1.165) is 12.1 Å². The molecule has 0 saturated heterocycles. The Bertz CT molecular complexity index is 975. The smallest absolute Gasteiger partial charge is 0.255 e. The number of rotatable bonds is 4. The van der Waals surface area contributed by atoms with Crippen LogP contribution < -0.4 is 5.32 Å². The molecule has 0 bridgehead atoms. The van der Waals surface area contributed by atoms with Gasteiger partial charge in [0, 0.05) is 13.5 Å². The molecule has 0 aliphatic heterocycles. The number of fused-ring (bicyclic) bond motifs is 1. The van der Waals surface area contributed by atoms with Gasteiger partial charge in [0.25, 0.3) is 5.91 Å². The zero-order valence-corrected chi connectivity index (χ0v) is 16.1. The molecule has 4 heteroatoms. The molecule has 0 fully saturated rings. The maximum absolute atomic E-state index is 13.1. The van der Waals surface area contributed by atoms with E-state index in [4.69, 9.17) is 0 Å². The molecule has 1 aliphatic carbocycles. The second-order valence-electron chi connectivity index (χ2n) is 7.63. The van der Waals surface area contributed by atoms with Crippen LogP contribution in [-0.4, -0.2) is 15.7 Å². The van der Waals surface area contributed by atoms with E-state index in [1.807, 2.05) is 25.2 Å². The van der Waals surface area contributed by atoms with Gasteiger partial charge in [-0.15, -0.1) is 0 Å². The number of hydrogen-bond donors (Lipinski definition) is 1. The summed E-state index contributed by atoms with van der Waals surface area (Å²) < 4.78 is 1.80. The highest BCUT2D eigenvalue weighted by Crippen LogP contribution is 2.36. The van der Waals surface area contributed by atoms with Crippen molar-refractivity contribution >= 4 is 5.91 Å². The number of carbonyl (C=O) groups is 1. The van der Waals surface area contributed by atoms with Crippen molar-refractivity contribution in [3.8, 4) is 0 Å². The fraction of sp³-hybridized carbons (Fsp3) is 0.304. The predicted molar refractivity (Wildman–Crippen MR) is 107 cm³/mol. The normalized spacial score (nSPS) is 18.3. The third kappa shape index (κ3) is 3.39. The lowest BCUT2D eigenvalue weighted by molar-refractivity contribution is 0.0926. The Morgan fingerprint density at radius 3 is 2.78 bits per heavy atom. The number of aromatic nitrogens is 2. The van der Waals surface area contributed by atoms with Gasteiger partial charge in [-0.1, -0.05) is 61.0 Å². The van der Waals surface area contributed by atoms with Crippen LogP contribution in [0.4, 0.5) is 0 Å². The highest BCUT2D eigenvalue weighted by Gasteiger charge is 2.31. The van der Waals surface area contributed by atoms with Crippen molar-refractivity contribution in [2.45, 2.75) is 32.7 Å². The molecule has 2 aromatic carbocycles. The summed E-state index contributed by atoms with van der Waals surface area (Å²) in [5.41, 5.74) is 6.60. The van der Waals surface area contributed by atoms with Crippen molar-refractivity contribution in [2.75, 3.05) is 0 Å². The maximum atomic E-state index is 13.1. The minimum absolute atomic E-state index is 0.0414. The van der Waals surface area contributed by atoms with Gasteiger partial charge in [0.1, 0.15) is 0 Å². The topological polar surface area (TPSA) is 46.9 Å². The van der Waals surface area contributed by atoms with Crippen LogP contribution in [0.3, 0.4) is 0 Å². The van der Waals surface area contributed by atoms with Crippen LogP contribution in [0.15, 0.2) is 54.7 Å². The minimum Gasteiger partial charge on any atom is -0.345 e. The van der Waals surface area contributed by atoms with Gasteiger partial charge in [0.05, 0.1) is 23.5 Å². The molecule has 2 atom stereocenters. The first kappa shape index (κ1) is 17.5. The van der Waals surface area contributed by atoms with Crippen molar-refractivity contribution < 1.29 is 4.79 Å². The Labute approximate surface area is 160 Å². The van der Waals surface area contributed by atoms with Crippen molar-refractivity contribution in [1.82, 2.24) is 15.1 Å². The summed E-state index contributed by atoms with van der Waals surface area (Å²) in [5, 5.41) is 7.62. The van der Waals surface area contributed by atoms with E-state index in [1.54, 1.807) is 10.9 Å². The molecule has 0 radical (unpaired) electrons. The molecule has 3 aromatic rings. The molecule has 0 spiro atoms. The van der Waals surface area contributed by atoms with Gasteiger partial charge < -0.3 is 5.32 Å². The summed E-state index contributed by atoms with van der Waals surface area (Å²) in [5.74, 6) is 0.347. The molecule has 1 heterocycles. The quantitative estimate of drug-likeness (QED) is 0.766. The Kier molecular flexibility index (Phi) is 4.56. The first-order valence-corrected chi connectivity index (χ1v) is 9.48. The molecular formula is C23H25N3O. The summed E-state index contributed by atoms with van der Waals surface area (Å²) in [6.07, 6.45) is 3.38. The van der Waals surface area contributed by atoms with Crippen molar-refractivity contribution in [3.05, 3.63) is 88.2 Å². The fourth-order valence-electron chi connectivity index (χ4n) is 4.05. The van der Waals surface area contributed by atoms with Gasteiger partial charge in [-0.05, 0) is 36.0 Å².